The summed E-state index contributed by atoms with van der Waals surface area (Å²) in [7, 11) is 5.87. The predicted octanol–water partition coefficient (Wildman–Crippen LogP) is 1.21. The van der Waals surface area contributed by atoms with Gasteiger partial charge in [-0.2, -0.15) is 11.8 Å². The molecule has 0 atom stereocenters. The third-order valence-electron chi connectivity index (χ3n) is 2.58. The summed E-state index contributed by atoms with van der Waals surface area (Å²) in [5, 5.41) is 14.4. The standard InChI is InChI=1S/C12H20N6OS/c1-17(2)8-10-4-5-11(19-10)9-20-7-6-13-12-14-15-16-18(12)3/h4-5H,6-9H2,1-3H3,(H,13,14,16). The second-order valence-electron chi connectivity index (χ2n) is 4.71. The van der Waals surface area contributed by atoms with Crippen LogP contribution in [0.15, 0.2) is 16.5 Å². The summed E-state index contributed by atoms with van der Waals surface area (Å²) in [5.74, 6) is 4.57. The van der Waals surface area contributed by atoms with Gasteiger partial charge in [-0.25, -0.2) is 4.68 Å². The van der Waals surface area contributed by atoms with E-state index in [-0.39, 0.29) is 0 Å². The summed E-state index contributed by atoms with van der Waals surface area (Å²) in [4.78, 5) is 2.09. The molecule has 0 fully saturated rings. The molecule has 0 amide bonds. The minimum atomic E-state index is 0.692. The fourth-order valence-electron chi connectivity index (χ4n) is 1.68. The summed E-state index contributed by atoms with van der Waals surface area (Å²) < 4.78 is 7.36. The number of nitrogens with one attached hydrogen (secondary N) is 1. The lowest BCUT2D eigenvalue weighted by Crippen LogP contribution is -2.09. The molecule has 0 aliphatic carbocycles. The number of nitrogens with zero attached hydrogens (tertiary/aromatic N) is 5. The van der Waals surface area contributed by atoms with Crippen molar-refractivity contribution in [3.05, 3.63) is 23.7 Å². The molecule has 0 unspecified atom stereocenters. The van der Waals surface area contributed by atoms with Gasteiger partial charge in [-0.1, -0.05) is 5.10 Å². The van der Waals surface area contributed by atoms with Crippen molar-refractivity contribution in [2.24, 2.45) is 7.05 Å². The van der Waals surface area contributed by atoms with Crippen LogP contribution in [0.5, 0.6) is 0 Å². The van der Waals surface area contributed by atoms with Gasteiger partial charge in [-0.3, -0.25) is 0 Å². The third kappa shape index (κ3) is 4.53. The van der Waals surface area contributed by atoms with E-state index in [0.29, 0.717) is 5.95 Å². The van der Waals surface area contributed by atoms with Gasteiger partial charge in [0.25, 0.3) is 0 Å². The molecule has 0 aliphatic rings. The summed E-state index contributed by atoms with van der Waals surface area (Å²) in [5.41, 5.74) is 0. The van der Waals surface area contributed by atoms with E-state index in [9.17, 15) is 0 Å². The highest BCUT2D eigenvalue weighted by molar-refractivity contribution is 7.98. The zero-order valence-corrected chi connectivity index (χ0v) is 12.9. The summed E-state index contributed by atoms with van der Waals surface area (Å²) in [6, 6.07) is 4.09. The second-order valence-corrected chi connectivity index (χ2v) is 5.82. The van der Waals surface area contributed by atoms with E-state index in [0.717, 1.165) is 36.1 Å². The molecule has 0 bridgehead atoms. The first kappa shape index (κ1) is 14.9. The Kier molecular flexibility index (Phi) is 5.42. The fraction of sp³-hybridized carbons (Fsp3) is 0.583. The van der Waals surface area contributed by atoms with E-state index in [4.69, 9.17) is 4.42 Å². The maximum atomic E-state index is 5.75. The van der Waals surface area contributed by atoms with E-state index in [2.05, 4.69) is 25.7 Å². The van der Waals surface area contributed by atoms with Crippen molar-refractivity contribution in [3.8, 4) is 0 Å². The first-order valence-electron chi connectivity index (χ1n) is 6.41. The van der Waals surface area contributed by atoms with Crippen molar-refractivity contribution in [1.29, 1.82) is 0 Å². The molecule has 7 nitrogen and oxygen atoms in total. The Morgan fingerprint density at radius 2 is 2.15 bits per heavy atom. The van der Waals surface area contributed by atoms with Crippen LogP contribution >= 0.6 is 11.8 Å². The Labute approximate surface area is 122 Å². The lowest BCUT2D eigenvalue weighted by molar-refractivity contribution is 0.344. The van der Waals surface area contributed by atoms with Gasteiger partial charge < -0.3 is 14.6 Å². The zero-order valence-electron chi connectivity index (χ0n) is 12.0. The molecule has 2 aromatic rings. The number of rotatable bonds is 8. The number of aryl methyl sites for hydroxylation is 1. The molecule has 20 heavy (non-hydrogen) atoms. The Morgan fingerprint density at radius 3 is 2.85 bits per heavy atom. The van der Waals surface area contributed by atoms with E-state index < -0.39 is 0 Å². The molecule has 0 aliphatic heterocycles. The van der Waals surface area contributed by atoms with E-state index in [1.54, 1.807) is 4.68 Å². The van der Waals surface area contributed by atoms with Crippen molar-refractivity contribution >= 4 is 17.7 Å². The van der Waals surface area contributed by atoms with Crippen LogP contribution in [0.1, 0.15) is 11.5 Å². The molecular formula is C12H20N6OS. The minimum absolute atomic E-state index is 0.692. The van der Waals surface area contributed by atoms with E-state index >= 15 is 0 Å². The maximum absolute atomic E-state index is 5.75. The first-order chi connectivity index (χ1) is 9.65. The van der Waals surface area contributed by atoms with Gasteiger partial charge in [0.15, 0.2) is 0 Å². The van der Waals surface area contributed by atoms with Crippen molar-refractivity contribution in [2.75, 3.05) is 31.7 Å². The number of hydrogen-bond donors (Lipinski definition) is 1. The molecule has 2 aromatic heterocycles. The van der Waals surface area contributed by atoms with Crippen LogP contribution in [-0.4, -0.2) is 51.5 Å². The smallest absolute Gasteiger partial charge is 0.242 e. The third-order valence-corrected chi connectivity index (χ3v) is 3.56. The highest BCUT2D eigenvalue weighted by atomic mass is 32.2. The van der Waals surface area contributed by atoms with Gasteiger partial charge in [0.2, 0.25) is 5.95 Å². The van der Waals surface area contributed by atoms with Gasteiger partial charge in [0.05, 0.1) is 12.3 Å². The number of thioether (sulfide) groups is 1. The van der Waals surface area contributed by atoms with Crippen LogP contribution in [0.25, 0.3) is 0 Å². The van der Waals surface area contributed by atoms with Crippen molar-refractivity contribution in [1.82, 2.24) is 25.1 Å². The molecule has 8 heteroatoms. The molecule has 0 saturated carbocycles. The van der Waals surface area contributed by atoms with Gasteiger partial charge >= 0.3 is 0 Å². The minimum Gasteiger partial charge on any atom is -0.464 e. The van der Waals surface area contributed by atoms with Gasteiger partial charge in [-0.05, 0) is 36.7 Å². The molecule has 0 aromatic carbocycles. The fourth-order valence-corrected chi connectivity index (χ4v) is 2.43. The largest absolute Gasteiger partial charge is 0.464 e. The van der Waals surface area contributed by atoms with E-state index in [1.165, 1.54) is 0 Å². The quantitative estimate of drug-likeness (QED) is 0.734. The zero-order chi connectivity index (χ0) is 14.4. The van der Waals surface area contributed by atoms with Crippen LogP contribution in [0, 0.1) is 0 Å². The number of furan rings is 1. The Morgan fingerprint density at radius 1 is 1.35 bits per heavy atom. The van der Waals surface area contributed by atoms with Crippen molar-refractivity contribution in [3.63, 3.8) is 0 Å². The number of hydrogen-bond acceptors (Lipinski definition) is 7. The van der Waals surface area contributed by atoms with Crippen LogP contribution in [-0.2, 0) is 19.3 Å². The number of aromatic nitrogens is 4. The van der Waals surface area contributed by atoms with Crippen LogP contribution < -0.4 is 5.32 Å². The molecule has 0 saturated heterocycles. The van der Waals surface area contributed by atoms with Gasteiger partial charge in [-0.15, -0.1) is 0 Å². The first-order valence-corrected chi connectivity index (χ1v) is 7.57. The summed E-state index contributed by atoms with van der Waals surface area (Å²) in [6.07, 6.45) is 0. The average Bonchev–Trinajstić information content (AvgIpc) is 2.98. The van der Waals surface area contributed by atoms with Gasteiger partial charge in [0.1, 0.15) is 11.5 Å². The molecule has 1 N–H and O–H groups in total. The summed E-state index contributed by atoms with van der Waals surface area (Å²) >= 11 is 1.82. The highest BCUT2D eigenvalue weighted by Gasteiger charge is 2.04. The Bertz CT molecular complexity index is 524. The maximum Gasteiger partial charge on any atom is 0.242 e. The van der Waals surface area contributed by atoms with Crippen LogP contribution in [0.4, 0.5) is 5.95 Å². The van der Waals surface area contributed by atoms with Crippen LogP contribution in [0.3, 0.4) is 0 Å². The molecular weight excluding hydrogens is 276 g/mol. The Hall–Kier alpha value is -1.54. The van der Waals surface area contributed by atoms with E-state index in [1.807, 2.05) is 45.0 Å². The molecule has 0 radical (unpaired) electrons. The lowest BCUT2D eigenvalue weighted by atomic mass is 10.4. The lowest BCUT2D eigenvalue weighted by Gasteiger charge is -2.06. The SMILES string of the molecule is CN(C)Cc1ccc(CSCCNc2nnnn2C)o1. The van der Waals surface area contributed by atoms with Crippen LogP contribution in [0.2, 0.25) is 0 Å². The van der Waals surface area contributed by atoms with Crippen molar-refractivity contribution in [2.45, 2.75) is 12.3 Å². The predicted molar refractivity (Wildman–Crippen MR) is 79.5 cm³/mol. The normalized spacial score (nSPS) is 11.2. The monoisotopic (exact) mass is 296 g/mol. The Balaban J connectivity index is 1.63. The number of anilines is 1. The molecule has 2 rings (SSSR count). The molecule has 0 spiro atoms. The highest BCUT2D eigenvalue weighted by Crippen LogP contribution is 2.16. The molecule has 2 heterocycles. The topological polar surface area (TPSA) is 72.0 Å². The molecule has 110 valence electrons. The average molecular weight is 296 g/mol. The second kappa shape index (κ2) is 7.30. The van der Waals surface area contributed by atoms with Gasteiger partial charge in [0, 0.05) is 19.3 Å². The summed E-state index contributed by atoms with van der Waals surface area (Å²) in [6.45, 7) is 1.66. The number of tetrazole rings is 1. The van der Waals surface area contributed by atoms with Crippen molar-refractivity contribution < 1.29 is 4.42 Å².